The number of nitriles is 1. The molecule has 0 fully saturated rings. The molecule has 0 atom stereocenters. The number of para-hydroxylation sites is 2. The lowest BCUT2D eigenvalue weighted by molar-refractivity contribution is 1.15. The molecule has 2 aromatic heterocycles. The Balaban J connectivity index is 0.00000114. The van der Waals surface area contributed by atoms with Crippen molar-refractivity contribution < 1.29 is 0 Å². The van der Waals surface area contributed by atoms with Crippen molar-refractivity contribution in [3.8, 4) is 62.4 Å². The van der Waals surface area contributed by atoms with Crippen molar-refractivity contribution in [2.24, 2.45) is 0 Å². The minimum Gasteiger partial charge on any atom is -0.244 e. The second-order valence-electron chi connectivity index (χ2n) is 12.1. The maximum Gasteiger partial charge on any atom is 0.160 e. The molecule has 0 aliphatic heterocycles. The average Bonchev–Trinajstić information content (AvgIpc) is 3.24. The van der Waals surface area contributed by atoms with Gasteiger partial charge >= 0.3 is 0 Å². The second-order valence-corrected chi connectivity index (χ2v) is 12.1. The number of aromatic nitrogens is 4. The van der Waals surface area contributed by atoms with Crippen molar-refractivity contribution in [3.63, 3.8) is 0 Å². The lowest BCUT2D eigenvalue weighted by Gasteiger charge is -2.12. The van der Waals surface area contributed by atoms with Gasteiger partial charge in [0, 0.05) is 22.3 Å². The van der Waals surface area contributed by atoms with E-state index in [9.17, 15) is 5.26 Å². The zero-order valence-corrected chi connectivity index (χ0v) is 29.9. The Morgan fingerprint density at radius 3 is 1.81 bits per heavy atom. The fraction of sp³-hybridized carbons (Fsp3) is 0.0625. The fourth-order valence-corrected chi connectivity index (χ4v) is 5.82. The molecular weight excluding hydrogens is 647 g/mol. The van der Waals surface area contributed by atoms with Gasteiger partial charge in [0.2, 0.25) is 0 Å². The number of hydrogen-bond acceptors (Lipinski definition) is 5. The van der Waals surface area contributed by atoms with Gasteiger partial charge in [0.15, 0.2) is 5.82 Å². The van der Waals surface area contributed by atoms with Gasteiger partial charge in [0.1, 0.15) is 0 Å². The van der Waals surface area contributed by atoms with Crippen molar-refractivity contribution >= 4 is 16.6 Å². The summed E-state index contributed by atoms with van der Waals surface area (Å²) in [5.41, 5.74) is 12.6. The Bertz CT molecular complexity index is 2460. The first-order valence-corrected chi connectivity index (χ1v) is 17.5. The number of fused-ring (bicyclic) bond motifs is 1. The molecule has 53 heavy (non-hydrogen) atoms. The first-order chi connectivity index (χ1) is 26.0. The van der Waals surface area contributed by atoms with Crippen LogP contribution in [-0.2, 0) is 0 Å². The minimum absolute atomic E-state index is 0.605. The highest BCUT2D eigenvalue weighted by Gasteiger charge is 2.15. The summed E-state index contributed by atoms with van der Waals surface area (Å²) < 4.78 is 0. The van der Waals surface area contributed by atoms with Crippen LogP contribution in [0.25, 0.3) is 72.9 Å². The molecule has 7 rings (SSSR count). The van der Waals surface area contributed by atoms with E-state index in [1.807, 2.05) is 73.7 Å². The van der Waals surface area contributed by atoms with E-state index in [1.54, 1.807) is 12.2 Å². The third-order valence-corrected chi connectivity index (χ3v) is 8.57. The van der Waals surface area contributed by atoms with Crippen LogP contribution in [0.2, 0.25) is 0 Å². The predicted molar refractivity (Wildman–Crippen MR) is 220 cm³/mol. The molecule has 0 amide bonds. The van der Waals surface area contributed by atoms with Gasteiger partial charge in [-0.25, -0.2) is 19.9 Å². The molecule has 7 aromatic rings. The number of nitrogens with zero attached hydrogens (tertiary/aromatic N) is 5. The summed E-state index contributed by atoms with van der Waals surface area (Å²) in [4.78, 5) is 20.1. The van der Waals surface area contributed by atoms with Crippen molar-refractivity contribution in [1.82, 2.24) is 19.9 Å². The van der Waals surface area contributed by atoms with Gasteiger partial charge in [-0.2, -0.15) is 5.26 Å². The lowest BCUT2D eigenvalue weighted by Crippen LogP contribution is -1.98. The van der Waals surface area contributed by atoms with Crippen molar-refractivity contribution in [2.75, 3.05) is 0 Å². The van der Waals surface area contributed by atoms with Crippen molar-refractivity contribution in [1.29, 1.82) is 5.26 Å². The zero-order chi connectivity index (χ0) is 37.0. The van der Waals surface area contributed by atoms with E-state index in [1.165, 1.54) is 0 Å². The van der Waals surface area contributed by atoms with Gasteiger partial charge in [-0.3, -0.25) is 0 Å². The van der Waals surface area contributed by atoms with E-state index in [4.69, 9.17) is 19.9 Å². The standard InChI is InChI=1S/C44H33N5.C4H6/c1-3-5-12-31(4-2)40-28-41(33-13-7-6-8-14-33)49-44(48-40)35-25-23-32(24-26-35)36-15-11-16-37(27-36)43-42(34-21-19-30(29-45)20-22-34)46-38-17-9-10-18-39(38)47-43;1-3-4-2/h4-28H,3H2,1-2H3;3-4H,1-2H2/b12-5-,31-4+;. The minimum atomic E-state index is 0.605. The SMILES string of the molecule is C/C=C(\C=C/CC)c1cc(-c2ccccc2)nc(-c2ccc(-c3cccc(-c4nc5ccccc5nc4-c4ccc(C#N)cc4)c3)cc2)n1.C=CC=C. The summed E-state index contributed by atoms with van der Waals surface area (Å²) in [6.45, 7) is 10.9. The summed E-state index contributed by atoms with van der Waals surface area (Å²) in [7, 11) is 0. The smallest absolute Gasteiger partial charge is 0.160 e. The number of benzene rings is 5. The summed E-state index contributed by atoms with van der Waals surface area (Å²) in [6.07, 6.45) is 10.6. The molecule has 2 heterocycles. The summed E-state index contributed by atoms with van der Waals surface area (Å²) in [5.74, 6) is 0.680. The van der Waals surface area contributed by atoms with Crippen LogP contribution in [0.4, 0.5) is 0 Å². The van der Waals surface area contributed by atoms with Crippen LogP contribution in [0.5, 0.6) is 0 Å². The Labute approximate surface area is 311 Å². The summed E-state index contributed by atoms with van der Waals surface area (Å²) in [5, 5.41) is 9.34. The van der Waals surface area contributed by atoms with Gasteiger partial charge in [0.25, 0.3) is 0 Å². The van der Waals surface area contributed by atoms with Crippen LogP contribution < -0.4 is 0 Å². The summed E-state index contributed by atoms with van der Waals surface area (Å²) in [6, 6.07) is 46.7. The first-order valence-electron chi connectivity index (χ1n) is 17.5. The molecule has 0 spiro atoms. The number of allylic oxidation sites excluding steroid dienone is 6. The van der Waals surface area contributed by atoms with Gasteiger partial charge in [0.05, 0.1) is 45.4 Å². The Morgan fingerprint density at radius 2 is 1.19 bits per heavy atom. The van der Waals surface area contributed by atoms with Crippen LogP contribution >= 0.6 is 0 Å². The largest absolute Gasteiger partial charge is 0.244 e. The van der Waals surface area contributed by atoms with Crippen LogP contribution in [-0.4, -0.2) is 19.9 Å². The van der Waals surface area contributed by atoms with Crippen molar-refractivity contribution in [3.05, 3.63) is 188 Å². The molecule has 0 saturated heterocycles. The molecule has 0 N–H and O–H groups in total. The monoisotopic (exact) mass is 685 g/mol. The van der Waals surface area contributed by atoms with E-state index < -0.39 is 0 Å². The highest BCUT2D eigenvalue weighted by Crippen LogP contribution is 2.34. The highest BCUT2D eigenvalue weighted by atomic mass is 14.9. The van der Waals surface area contributed by atoms with E-state index in [-0.39, 0.29) is 0 Å². The summed E-state index contributed by atoms with van der Waals surface area (Å²) >= 11 is 0. The Morgan fingerprint density at radius 1 is 0.604 bits per heavy atom. The van der Waals surface area contributed by atoms with Gasteiger partial charge in [-0.15, -0.1) is 0 Å². The van der Waals surface area contributed by atoms with Gasteiger partial charge in [-0.1, -0.05) is 148 Å². The van der Waals surface area contributed by atoms with E-state index in [0.717, 1.165) is 79.2 Å². The highest BCUT2D eigenvalue weighted by molar-refractivity contribution is 5.87. The fourth-order valence-electron chi connectivity index (χ4n) is 5.82. The van der Waals surface area contributed by atoms with Crippen LogP contribution in [0, 0.1) is 11.3 Å². The third-order valence-electron chi connectivity index (χ3n) is 8.57. The quantitative estimate of drug-likeness (QED) is 0.141. The molecule has 0 saturated carbocycles. The van der Waals surface area contributed by atoms with Gasteiger partial charge < -0.3 is 0 Å². The van der Waals surface area contributed by atoms with E-state index in [2.05, 4.69) is 111 Å². The lowest BCUT2D eigenvalue weighted by atomic mass is 9.97. The first kappa shape index (κ1) is 35.8. The molecule has 0 aliphatic rings. The van der Waals surface area contributed by atoms with E-state index >= 15 is 0 Å². The molecule has 5 aromatic carbocycles. The Hall–Kier alpha value is -7.03. The average molecular weight is 686 g/mol. The van der Waals surface area contributed by atoms with Gasteiger partial charge in [-0.05, 0) is 66.4 Å². The molecule has 5 nitrogen and oxygen atoms in total. The topological polar surface area (TPSA) is 75.3 Å². The molecule has 0 bridgehead atoms. The molecule has 256 valence electrons. The maximum atomic E-state index is 9.34. The zero-order valence-electron chi connectivity index (χ0n) is 29.9. The molecular formula is C48H39N5. The number of hydrogen-bond donors (Lipinski definition) is 0. The van der Waals surface area contributed by atoms with E-state index in [0.29, 0.717) is 11.4 Å². The second kappa shape index (κ2) is 17.3. The molecule has 0 unspecified atom stereocenters. The van der Waals surface area contributed by atoms with Crippen LogP contribution in [0.15, 0.2) is 177 Å². The van der Waals surface area contributed by atoms with Crippen LogP contribution in [0.1, 0.15) is 31.5 Å². The van der Waals surface area contributed by atoms with Crippen molar-refractivity contribution in [2.45, 2.75) is 20.3 Å². The molecule has 5 heteroatoms. The molecule has 0 radical (unpaired) electrons. The maximum absolute atomic E-state index is 9.34. The predicted octanol–water partition coefficient (Wildman–Crippen LogP) is 12.4. The Kier molecular flexibility index (Phi) is 11.7. The molecule has 0 aliphatic carbocycles. The van der Waals surface area contributed by atoms with Crippen LogP contribution in [0.3, 0.4) is 0 Å². The normalized spacial score (nSPS) is 11.1. The number of rotatable bonds is 9. The third kappa shape index (κ3) is 8.48.